The molecule has 0 aliphatic heterocycles. The van der Waals surface area contributed by atoms with Crippen LogP contribution in [0.5, 0.6) is 0 Å². The fourth-order valence-corrected chi connectivity index (χ4v) is 2.88. The first-order chi connectivity index (χ1) is 11.9. The minimum absolute atomic E-state index is 0.0421. The number of nitrogens with two attached hydrogens (primary N) is 1. The van der Waals surface area contributed by atoms with Crippen molar-refractivity contribution in [1.29, 1.82) is 0 Å². The molecule has 0 fully saturated rings. The van der Waals surface area contributed by atoms with Gasteiger partial charge in [0.05, 0.1) is 22.0 Å². The van der Waals surface area contributed by atoms with Crippen LogP contribution in [0.15, 0.2) is 48.7 Å². The van der Waals surface area contributed by atoms with E-state index in [-0.39, 0.29) is 22.5 Å². The fourth-order valence-electron chi connectivity index (χ4n) is 2.39. The highest BCUT2D eigenvalue weighted by Crippen LogP contribution is 2.34. The number of halogens is 4. The van der Waals surface area contributed by atoms with Gasteiger partial charge in [0.2, 0.25) is 0 Å². The van der Waals surface area contributed by atoms with E-state index in [1.165, 1.54) is 18.3 Å². The maximum Gasteiger partial charge on any atom is 0.198 e. The molecular formula is C18H10Cl2F2N2O. The highest BCUT2D eigenvalue weighted by Gasteiger charge is 2.20. The zero-order chi connectivity index (χ0) is 18.1. The molecule has 0 radical (unpaired) electrons. The lowest BCUT2D eigenvalue weighted by atomic mass is 9.99. The van der Waals surface area contributed by atoms with E-state index in [9.17, 15) is 13.6 Å². The molecule has 0 unspecified atom stereocenters. The Morgan fingerprint density at radius 2 is 1.76 bits per heavy atom. The summed E-state index contributed by atoms with van der Waals surface area (Å²) in [5.41, 5.74) is 6.63. The monoisotopic (exact) mass is 378 g/mol. The molecule has 1 aromatic heterocycles. The number of rotatable bonds is 3. The summed E-state index contributed by atoms with van der Waals surface area (Å²) in [6, 6.07) is 8.84. The molecule has 0 saturated carbocycles. The average Bonchev–Trinajstić information content (AvgIpc) is 2.55. The molecule has 0 amide bonds. The van der Waals surface area contributed by atoms with Gasteiger partial charge in [0.1, 0.15) is 11.6 Å². The van der Waals surface area contributed by atoms with Crippen LogP contribution in [0.2, 0.25) is 10.0 Å². The third-order valence-corrected chi connectivity index (χ3v) is 4.14. The van der Waals surface area contributed by atoms with Crippen LogP contribution in [0.1, 0.15) is 15.9 Å². The van der Waals surface area contributed by atoms with Gasteiger partial charge < -0.3 is 5.73 Å². The molecular weight excluding hydrogens is 369 g/mol. The van der Waals surface area contributed by atoms with Crippen molar-refractivity contribution in [2.45, 2.75) is 0 Å². The summed E-state index contributed by atoms with van der Waals surface area (Å²) < 4.78 is 26.9. The first-order valence-corrected chi connectivity index (χ1v) is 7.83. The van der Waals surface area contributed by atoms with E-state index in [0.29, 0.717) is 21.7 Å². The minimum Gasteiger partial charge on any atom is -0.396 e. The Bertz CT molecular complexity index is 993. The molecule has 3 rings (SSSR count). The molecule has 3 nitrogen and oxygen atoms in total. The van der Waals surface area contributed by atoms with Crippen LogP contribution in [-0.2, 0) is 0 Å². The Morgan fingerprint density at radius 1 is 1.00 bits per heavy atom. The van der Waals surface area contributed by atoms with Gasteiger partial charge in [0.25, 0.3) is 0 Å². The molecule has 2 aromatic carbocycles. The molecule has 0 saturated heterocycles. The van der Waals surface area contributed by atoms with E-state index in [0.717, 1.165) is 12.1 Å². The lowest BCUT2D eigenvalue weighted by molar-refractivity contribution is 0.103. The first kappa shape index (κ1) is 17.3. The predicted molar refractivity (Wildman–Crippen MR) is 93.9 cm³/mol. The van der Waals surface area contributed by atoms with Crippen molar-refractivity contribution >= 4 is 34.7 Å². The summed E-state index contributed by atoms with van der Waals surface area (Å²) in [7, 11) is 0. The van der Waals surface area contributed by atoms with Crippen LogP contribution in [0.3, 0.4) is 0 Å². The van der Waals surface area contributed by atoms with Gasteiger partial charge in [-0.1, -0.05) is 23.2 Å². The second-order valence-electron chi connectivity index (χ2n) is 5.20. The van der Waals surface area contributed by atoms with Crippen molar-refractivity contribution in [1.82, 2.24) is 4.98 Å². The quantitative estimate of drug-likeness (QED) is 0.641. The number of benzene rings is 2. The highest BCUT2D eigenvalue weighted by molar-refractivity contribution is 6.36. The Hall–Kier alpha value is -2.50. The van der Waals surface area contributed by atoms with Gasteiger partial charge in [-0.25, -0.2) is 8.78 Å². The van der Waals surface area contributed by atoms with Gasteiger partial charge >= 0.3 is 0 Å². The number of nitrogens with zero attached hydrogens (tertiary/aromatic N) is 1. The Morgan fingerprint density at radius 3 is 2.44 bits per heavy atom. The molecule has 0 atom stereocenters. The maximum atomic E-state index is 13.9. The van der Waals surface area contributed by atoms with E-state index in [2.05, 4.69) is 4.98 Å². The average molecular weight is 379 g/mol. The summed E-state index contributed by atoms with van der Waals surface area (Å²) >= 11 is 12.0. The van der Waals surface area contributed by atoms with Gasteiger partial charge in [-0.3, -0.25) is 9.78 Å². The standard InChI is InChI=1S/C18H10Cl2F2N2O/c19-9-1-3-11(14(20)7-9)17-16(23)13(5-6-24-17)18(25)12-4-2-10(21)8-15(12)22/h1-8H,23H2. The van der Waals surface area contributed by atoms with Gasteiger partial charge in [-0.05, 0) is 36.4 Å². The molecule has 3 aromatic rings. The summed E-state index contributed by atoms with van der Waals surface area (Å²) in [5.74, 6) is -2.42. The van der Waals surface area contributed by atoms with E-state index in [1.807, 2.05) is 0 Å². The zero-order valence-electron chi connectivity index (χ0n) is 12.6. The Labute approximate surface area is 152 Å². The van der Waals surface area contributed by atoms with E-state index < -0.39 is 17.4 Å². The first-order valence-electron chi connectivity index (χ1n) is 7.08. The van der Waals surface area contributed by atoms with Crippen molar-refractivity contribution in [3.05, 3.63) is 81.5 Å². The minimum atomic E-state index is -0.965. The number of pyridine rings is 1. The lowest BCUT2D eigenvalue weighted by Crippen LogP contribution is -2.09. The third-order valence-electron chi connectivity index (χ3n) is 3.60. The molecule has 0 aliphatic carbocycles. The second-order valence-corrected chi connectivity index (χ2v) is 6.04. The second kappa shape index (κ2) is 6.78. The maximum absolute atomic E-state index is 13.9. The van der Waals surface area contributed by atoms with Crippen molar-refractivity contribution in [2.75, 3.05) is 5.73 Å². The number of nitrogen functional groups attached to an aromatic ring is 1. The zero-order valence-corrected chi connectivity index (χ0v) is 14.1. The molecule has 0 bridgehead atoms. The lowest BCUT2D eigenvalue weighted by Gasteiger charge is -2.11. The fraction of sp³-hybridized carbons (Fsp3) is 0. The number of aromatic nitrogens is 1. The number of carbonyl (C=O) groups is 1. The van der Waals surface area contributed by atoms with Gasteiger partial charge in [-0.2, -0.15) is 0 Å². The van der Waals surface area contributed by atoms with E-state index >= 15 is 0 Å². The van der Waals surface area contributed by atoms with Crippen LogP contribution < -0.4 is 5.73 Å². The summed E-state index contributed by atoms with van der Waals surface area (Å²) in [6.45, 7) is 0. The number of anilines is 1. The normalized spacial score (nSPS) is 10.7. The molecule has 7 heteroatoms. The molecule has 25 heavy (non-hydrogen) atoms. The van der Waals surface area contributed by atoms with Gasteiger partial charge in [0, 0.05) is 28.4 Å². The summed E-state index contributed by atoms with van der Waals surface area (Å²) in [5, 5.41) is 0.747. The van der Waals surface area contributed by atoms with Crippen molar-refractivity contribution in [2.24, 2.45) is 0 Å². The molecule has 0 spiro atoms. The molecule has 2 N–H and O–H groups in total. The van der Waals surface area contributed by atoms with Crippen molar-refractivity contribution in [3.8, 4) is 11.3 Å². The van der Waals surface area contributed by atoms with Crippen LogP contribution >= 0.6 is 23.2 Å². The highest BCUT2D eigenvalue weighted by atomic mass is 35.5. The van der Waals surface area contributed by atoms with Crippen molar-refractivity contribution in [3.63, 3.8) is 0 Å². The van der Waals surface area contributed by atoms with E-state index in [4.69, 9.17) is 28.9 Å². The van der Waals surface area contributed by atoms with E-state index in [1.54, 1.807) is 12.1 Å². The van der Waals surface area contributed by atoms with Crippen molar-refractivity contribution < 1.29 is 13.6 Å². The number of hydrogen-bond donors (Lipinski definition) is 1. The van der Waals surface area contributed by atoms with Crippen LogP contribution in [0.25, 0.3) is 11.3 Å². The van der Waals surface area contributed by atoms with Gasteiger partial charge in [-0.15, -0.1) is 0 Å². The Balaban J connectivity index is 2.11. The Kier molecular flexibility index (Phi) is 4.70. The van der Waals surface area contributed by atoms with Crippen LogP contribution in [0, 0.1) is 11.6 Å². The molecule has 1 heterocycles. The number of carbonyl (C=O) groups excluding carboxylic acids is 1. The van der Waals surface area contributed by atoms with Crippen LogP contribution in [0.4, 0.5) is 14.5 Å². The predicted octanol–water partition coefficient (Wildman–Crippen LogP) is 5.15. The molecule has 0 aliphatic rings. The van der Waals surface area contributed by atoms with Crippen LogP contribution in [-0.4, -0.2) is 10.8 Å². The number of hydrogen-bond acceptors (Lipinski definition) is 3. The number of ketones is 1. The largest absolute Gasteiger partial charge is 0.396 e. The smallest absolute Gasteiger partial charge is 0.198 e. The van der Waals surface area contributed by atoms with Gasteiger partial charge in [0.15, 0.2) is 5.78 Å². The topological polar surface area (TPSA) is 56.0 Å². The summed E-state index contributed by atoms with van der Waals surface area (Å²) in [4.78, 5) is 16.8. The third kappa shape index (κ3) is 3.34. The SMILES string of the molecule is Nc1c(C(=O)c2ccc(F)cc2F)ccnc1-c1ccc(Cl)cc1Cl. The summed E-state index contributed by atoms with van der Waals surface area (Å²) in [6.07, 6.45) is 1.37. The molecule has 126 valence electrons.